The number of nitrogens with zero attached hydrogens (tertiary/aromatic N) is 1. The highest BCUT2D eigenvalue weighted by Crippen LogP contribution is 2.05. The average molecular weight is 225 g/mol. The number of aromatic nitrogens is 1. The molecule has 0 atom stereocenters. The number of nitrogens with one attached hydrogen (secondary N) is 1. The van der Waals surface area contributed by atoms with Crippen molar-refractivity contribution in [2.24, 2.45) is 5.73 Å². The largest absolute Gasteiger partial charge is 0.352 e. The van der Waals surface area contributed by atoms with E-state index in [4.69, 9.17) is 5.73 Å². The average Bonchev–Trinajstić information content (AvgIpc) is 2.74. The Hall–Kier alpha value is -1.62. The summed E-state index contributed by atoms with van der Waals surface area (Å²) in [5, 5.41) is 2.69. The minimum Gasteiger partial charge on any atom is -0.352 e. The van der Waals surface area contributed by atoms with Crippen LogP contribution >= 0.6 is 0 Å². The van der Waals surface area contributed by atoms with Crippen molar-refractivity contribution in [2.45, 2.75) is 13.5 Å². The molecule has 0 fully saturated rings. The van der Waals surface area contributed by atoms with Crippen LogP contribution in [0.3, 0.4) is 0 Å². The fourth-order valence-corrected chi connectivity index (χ4v) is 1.31. The van der Waals surface area contributed by atoms with Crippen LogP contribution in [-0.4, -0.2) is 23.6 Å². The molecule has 5 heteroatoms. The fourth-order valence-electron chi connectivity index (χ4n) is 1.31. The van der Waals surface area contributed by atoms with E-state index in [0.717, 1.165) is 0 Å². The first kappa shape index (κ1) is 12.4. The molecule has 88 valence electrons. The predicted molar refractivity (Wildman–Crippen MR) is 60.7 cm³/mol. The smallest absolute Gasteiger partial charge is 0.252 e. The van der Waals surface area contributed by atoms with Gasteiger partial charge in [-0.25, -0.2) is 4.39 Å². The van der Waals surface area contributed by atoms with E-state index in [0.29, 0.717) is 30.6 Å². The first-order chi connectivity index (χ1) is 7.71. The fraction of sp³-hybridized carbons (Fsp3) is 0.364. The second-order valence-corrected chi connectivity index (χ2v) is 3.40. The van der Waals surface area contributed by atoms with Gasteiger partial charge in [0.2, 0.25) is 0 Å². The SMILES string of the molecule is CCNC(=O)c1ccn(C/C(=C/F)CN)c1. The summed E-state index contributed by atoms with van der Waals surface area (Å²) >= 11 is 0. The lowest BCUT2D eigenvalue weighted by Crippen LogP contribution is -2.22. The van der Waals surface area contributed by atoms with Gasteiger partial charge in [0.05, 0.1) is 11.9 Å². The van der Waals surface area contributed by atoms with E-state index >= 15 is 0 Å². The van der Waals surface area contributed by atoms with Crippen molar-refractivity contribution in [1.29, 1.82) is 0 Å². The van der Waals surface area contributed by atoms with Crippen LogP contribution in [0.4, 0.5) is 4.39 Å². The van der Waals surface area contributed by atoms with E-state index in [2.05, 4.69) is 5.32 Å². The summed E-state index contributed by atoms with van der Waals surface area (Å²) in [5.41, 5.74) is 6.40. The van der Waals surface area contributed by atoms with Crippen LogP contribution < -0.4 is 11.1 Å². The van der Waals surface area contributed by atoms with Gasteiger partial charge >= 0.3 is 0 Å². The number of rotatable bonds is 5. The Morgan fingerprint density at radius 3 is 3.00 bits per heavy atom. The summed E-state index contributed by atoms with van der Waals surface area (Å²) in [6.07, 6.45) is 3.90. The summed E-state index contributed by atoms with van der Waals surface area (Å²) in [6.45, 7) is 2.98. The molecule has 1 heterocycles. The molecule has 0 bridgehead atoms. The lowest BCUT2D eigenvalue weighted by Gasteiger charge is -2.03. The number of amides is 1. The summed E-state index contributed by atoms with van der Waals surface area (Å²) in [7, 11) is 0. The van der Waals surface area contributed by atoms with E-state index in [1.54, 1.807) is 23.0 Å². The highest BCUT2D eigenvalue weighted by atomic mass is 19.1. The molecule has 1 amide bonds. The second-order valence-electron chi connectivity index (χ2n) is 3.40. The minimum absolute atomic E-state index is 0.125. The number of nitrogens with two attached hydrogens (primary N) is 1. The van der Waals surface area contributed by atoms with E-state index in [1.807, 2.05) is 6.92 Å². The molecular weight excluding hydrogens is 209 g/mol. The summed E-state index contributed by atoms with van der Waals surface area (Å²) in [6, 6.07) is 1.69. The Morgan fingerprint density at radius 1 is 1.69 bits per heavy atom. The summed E-state index contributed by atoms with van der Waals surface area (Å²) < 4.78 is 14.0. The maximum absolute atomic E-state index is 12.3. The van der Waals surface area contributed by atoms with Crippen LogP contribution in [0.1, 0.15) is 17.3 Å². The van der Waals surface area contributed by atoms with Crippen molar-refractivity contribution in [1.82, 2.24) is 9.88 Å². The number of halogens is 1. The quantitative estimate of drug-likeness (QED) is 0.786. The van der Waals surface area contributed by atoms with Crippen LogP contribution in [0.5, 0.6) is 0 Å². The Kier molecular flexibility index (Phi) is 4.72. The summed E-state index contributed by atoms with van der Waals surface area (Å²) in [5.74, 6) is -0.125. The Bertz CT molecular complexity index is 384. The lowest BCUT2D eigenvalue weighted by atomic mass is 10.3. The van der Waals surface area contributed by atoms with E-state index in [9.17, 15) is 9.18 Å². The maximum Gasteiger partial charge on any atom is 0.252 e. The van der Waals surface area contributed by atoms with Gasteiger partial charge in [0.25, 0.3) is 5.91 Å². The number of hydrogen-bond donors (Lipinski definition) is 2. The summed E-state index contributed by atoms with van der Waals surface area (Å²) in [4.78, 5) is 11.4. The molecule has 3 N–H and O–H groups in total. The molecule has 0 saturated heterocycles. The predicted octanol–water partition coefficient (Wildman–Crippen LogP) is 1.05. The number of carbonyl (C=O) groups is 1. The third-order valence-corrected chi connectivity index (χ3v) is 2.15. The van der Waals surface area contributed by atoms with E-state index in [1.165, 1.54) is 0 Å². The molecule has 0 aliphatic rings. The van der Waals surface area contributed by atoms with Crippen LogP contribution in [0.25, 0.3) is 0 Å². The van der Waals surface area contributed by atoms with Crippen molar-refractivity contribution in [3.8, 4) is 0 Å². The molecule has 0 spiro atoms. The van der Waals surface area contributed by atoms with Gasteiger partial charge in [-0.3, -0.25) is 4.79 Å². The molecular formula is C11H16FN3O. The van der Waals surface area contributed by atoms with Crippen LogP contribution in [0.15, 0.2) is 30.4 Å². The highest BCUT2D eigenvalue weighted by Gasteiger charge is 2.06. The van der Waals surface area contributed by atoms with Gasteiger partial charge < -0.3 is 15.6 Å². The normalized spacial score (nSPS) is 11.6. The Balaban J connectivity index is 2.68. The van der Waals surface area contributed by atoms with Crippen LogP contribution in [0, 0.1) is 0 Å². The first-order valence-electron chi connectivity index (χ1n) is 5.13. The number of carbonyl (C=O) groups excluding carboxylic acids is 1. The molecule has 0 saturated carbocycles. The Morgan fingerprint density at radius 2 is 2.44 bits per heavy atom. The third-order valence-electron chi connectivity index (χ3n) is 2.15. The lowest BCUT2D eigenvalue weighted by molar-refractivity contribution is 0.0956. The van der Waals surface area contributed by atoms with Gasteiger partial charge in [0, 0.05) is 32.0 Å². The molecule has 1 aromatic heterocycles. The first-order valence-corrected chi connectivity index (χ1v) is 5.13. The molecule has 1 rings (SSSR count). The van der Waals surface area contributed by atoms with Gasteiger partial charge in [0.1, 0.15) is 0 Å². The zero-order valence-electron chi connectivity index (χ0n) is 9.24. The molecule has 0 aliphatic carbocycles. The third kappa shape index (κ3) is 3.20. The molecule has 0 radical (unpaired) electrons. The zero-order chi connectivity index (χ0) is 12.0. The van der Waals surface area contributed by atoms with Gasteiger partial charge in [-0.15, -0.1) is 0 Å². The van der Waals surface area contributed by atoms with Crippen LogP contribution in [-0.2, 0) is 6.54 Å². The van der Waals surface area contributed by atoms with Crippen molar-refractivity contribution >= 4 is 5.91 Å². The molecule has 4 nitrogen and oxygen atoms in total. The molecule has 0 aliphatic heterocycles. The maximum atomic E-state index is 12.3. The molecule has 16 heavy (non-hydrogen) atoms. The number of hydrogen-bond acceptors (Lipinski definition) is 2. The monoisotopic (exact) mass is 225 g/mol. The molecule has 0 unspecified atom stereocenters. The minimum atomic E-state index is -0.125. The van der Waals surface area contributed by atoms with E-state index in [-0.39, 0.29) is 12.5 Å². The topological polar surface area (TPSA) is 60.0 Å². The molecule has 0 aromatic carbocycles. The van der Waals surface area contributed by atoms with Crippen molar-refractivity contribution in [3.63, 3.8) is 0 Å². The van der Waals surface area contributed by atoms with Gasteiger partial charge in [-0.2, -0.15) is 0 Å². The molecule has 1 aromatic rings. The van der Waals surface area contributed by atoms with Gasteiger partial charge in [-0.05, 0) is 18.6 Å². The Labute approximate surface area is 93.9 Å². The zero-order valence-corrected chi connectivity index (χ0v) is 9.24. The van der Waals surface area contributed by atoms with Gasteiger partial charge in [-0.1, -0.05) is 0 Å². The van der Waals surface area contributed by atoms with E-state index < -0.39 is 0 Å². The van der Waals surface area contributed by atoms with Crippen LogP contribution in [0.2, 0.25) is 0 Å². The highest BCUT2D eigenvalue weighted by molar-refractivity contribution is 5.93. The second kappa shape index (κ2) is 6.07. The van der Waals surface area contributed by atoms with Crippen molar-refractivity contribution in [3.05, 3.63) is 35.9 Å². The van der Waals surface area contributed by atoms with Crippen molar-refractivity contribution in [2.75, 3.05) is 13.1 Å². The standard InChI is InChI=1S/C11H16FN3O/c1-2-14-11(16)10-3-4-15(8-10)7-9(5-12)6-13/h3-5,8H,2,6-7,13H2,1H3,(H,14,16)/b9-5+. The van der Waals surface area contributed by atoms with Gasteiger partial charge in [0.15, 0.2) is 0 Å². The van der Waals surface area contributed by atoms with Crippen molar-refractivity contribution < 1.29 is 9.18 Å².